The lowest BCUT2D eigenvalue weighted by Gasteiger charge is -2.25. The molecule has 0 nitrogen and oxygen atoms in total. The smallest absolute Gasteiger partial charge is 0.0136 e. The largest absolute Gasteiger partial charge is 0.0882 e. The highest BCUT2D eigenvalue weighted by Crippen LogP contribution is 2.34. The highest BCUT2D eigenvalue weighted by Gasteiger charge is 2.17. The quantitative estimate of drug-likeness (QED) is 0.484. The molecule has 0 radical (unpaired) electrons. The minimum atomic E-state index is 0.946. The van der Waals surface area contributed by atoms with Gasteiger partial charge in [-0.2, -0.15) is 0 Å². The molecule has 0 aliphatic heterocycles. The third kappa shape index (κ3) is 2.24. The third-order valence-corrected chi connectivity index (χ3v) is 3.41. The molecule has 2 aliphatic rings. The predicted molar refractivity (Wildman–Crippen MR) is 57.6 cm³/mol. The van der Waals surface area contributed by atoms with Gasteiger partial charge in [0.05, 0.1) is 0 Å². The van der Waals surface area contributed by atoms with Crippen LogP contribution < -0.4 is 0 Å². The zero-order valence-electron chi connectivity index (χ0n) is 8.68. The second-order valence-electron chi connectivity index (χ2n) is 4.62. The standard InChI is InChI=1S/C13H20/c1-11-8-9-12-6-4-2-3-5-7-13(12)10-11/h2,4,11H,3,5-10H2,1H3/b4-2-. The fourth-order valence-electron chi connectivity index (χ4n) is 2.57. The number of rotatable bonds is 0. The van der Waals surface area contributed by atoms with Gasteiger partial charge in [-0.1, -0.05) is 30.2 Å². The van der Waals surface area contributed by atoms with Gasteiger partial charge >= 0.3 is 0 Å². The first-order valence-corrected chi connectivity index (χ1v) is 5.71. The molecule has 1 atom stereocenters. The van der Waals surface area contributed by atoms with Crippen LogP contribution in [0.1, 0.15) is 51.9 Å². The number of hydrogen-bond acceptors (Lipinski definition) is 0. The van der Waals surface area contributed by atoms with Gasteiger partial charge in [-0.3, -0.25) is 0 Å². The van der Waals surface area contributed by atoms with Gasteiger partial charge in [-0.05, 0) is 50.9 Å². The van der Waals surface area contributed by atoms with E-state index < -0.39 is 0 Å². The Morgan fingerprint density at radius 3 is 3.00 bits per heavy atom. The minimum absolute atomic E-state index is 0.946. The molecule has 0 heteroatoms. The van der Waals surface area contributed by atoms with E-state index in [4.69, 9.17) is 0 Å². The monoisotopic (exact) mass is 176 g/mol. The maximum Gasteiger partial charge on any atom is -0.0136 e. The molecular formula is C13H20. The summed E-state index contributed by atoms with van der Waals surface area (Å²) in [6, 6.07) is 0. The molecule has 0 amide bonds. The Bertz CT molecular complexity index is 232. The molecule has 0 fully saturated rings. The van der Waals surface area contributed by atoms with E-state index in [0.717, 1.165) is 5.92 Å². The first-order valence-electron chi connectivity index (χ1n) is 5.71. The molecule has 1 unspecified atom stereocenters. The summed E-state index contributed by atoms with van der Waals surface area (Å²) in [5, 5.41) is 0. The van der Waals surface area contributed by atoms with E-state index in [9.17, 15) is 0 Å². The van der Waals surface area contributed by atoms with Crippen molar-refractivity contribution in [1.29, 1.82) is 0 Å². The van der Waals surface area contributed by atoms with Crippen LogP contribution in [0.15, 0.2) is 23.3 Å². The summed E-state index contributed by atoms with van der Waals surface area (Å²) in [6.45, 7) is 2.40. The van der Waals surface area contributed by atoms with Crippen molar-refractivity contribution in [3.8, 4) is 0 Å². The Balaban J connectivity index is 2.12. The lowest BCUT2D eigenvalue weighted by atomic mass is 9.81. The van der Waals surface area contributed by atoms with Crippen molar-refractivity contribution in [2.45, 2.75) is 51.9 Å². The van der Waals surface area contributed by atoms with E-state index in [0.29, 0.717) is 0 Å². The van der Waals surface area contributed by atoms with Crippen molar-refractivity contribution in [2.24, 2.45) is 5.92 Å². The van der Waals surface area contributed by atoms with E-state index in [1.165, 1.54) is 44.9 Å². The number of allylic oxidation sites excluding steroid dienone is 4. The highest BCUT2D eigenvalue weighted by molar-refractivity contribution is 5.21. The summed E-state index contributed by atoms with van der Waals surface area (Å²) >= 11 is 0. The van der Waals surface area contributed by atoms with Crippen molar-refractivity contribution in [2.75, 3.05) is 0 Å². The van der Waals surface area contributed by atoms with Crippen molar-refractivity contribution in [3.63, 3.8) is 0 Å². The van der Waals surface area contributed by atoms with Crippen molar-refractivity contribution in [1.82, 2.24) is 0 Å². The fourth-order valence-corrected chi connectivity index (χ4v) is 2.57. The maximum absolute atomic E-state index is 2.40. The van der Waals surface area contributed by atoms with Gasteiger partial charge in [0, 0.05) is 0 Å². The second kappa shape index (κ2) is 4.13. The molecule has 0 spiro atoms. The Labute approximate surface area is 81.7 Å². The summed E-state index contributed by atoms with van der Waals surface area (Å²) in [5.41, 5.74) is 3.58. The van der Waals surface area contributed by atoms with Gasteiger partial charge in [0.2, 0.25) is 0 Å². The van der Waals surface area contributed by atoms with Crippen LogP contribution in [-0.2, 0) is 0 Å². The van der Waals surface area contributed by atoms with Crippen LogP contribution in [0.4, 0.5) is 0 Å². The summed E-state index contributed by atoms with van der Waals surface area (Å²) in [4.78, 5) is 0. The zero-order chi connectivity index (χ0) is 9.10. The molecule has 0 saturated carbocycles. The summed E-state index contributed by atoms with van der Waals surface area (Å²) in [5.74, 6) is 0.946. The lowest BCUT2D eigenvalue weighted by molar-refractivity contribution is 0.478. The van der Waals surface area contributed by atoms with Crippen molar-refractivity contribution >= 4 is 0 Å². The van der Waals surface area contributed by atoms with Gasteiger partial charge in [0.1, 0.15) is 0 Å². The molecule has 0 aromatic heterocycles. The van der Waals surface area contributed by atoms with Crippen LogP contribution >= 0.6 is 0 Å². The van der Waals surface area contributed by atoms with E-state index >= 15 is 0 Å². The van der Waals surface area contributed by atoms with Gasteiger partial charge < -0.3 is 0 Å². The molecule has 72 valence electrons. The summed E-state index contributed by atoms with van der Waals surface area (Å²) in [6.07, 6.45) is 14.2. The van der Waals surface area contributed by atoms with Crippen LogP contribution in [0.5, 0.6) is 0 Å². The van der Waals surface area contributed by atoms with E-state index in [-0.39, 0.29) is 0 Å². The first kappa shape index (κ1) is 9.05. The first-order chi connectivity index (χ1) is 6.36. The SMILES string of the molecule is CC1CCC2=C(CCC/C=C\C2)C1. The zero-order valence-corrected chi connectivity index (χ0v) is 8.68. The van der Waals surface area contributed by atoms with Gasteiger partial charge in [-0.25, -0.2) is 0 Å². The molecular weight excluding hydrogens is 156 g/mol. The minimum Gasteiger partial charge on any atom is -0.0882 e. The Kier molecular flexibility index (Phi) is 2.87. The lowest BCUT2D eigenvalue weighted by Crippen LogP contribution is -2.08. The molecule has 0 N–H and O–H groups in total. The molecule has 2 aliphatic carbocycles. The molecule has 0 heterocycles. The maximum atomic E-state index is 2.40. The van der Waals surface area contributed by atoms with E-state index in [1.807, 2.05) is 5.57 Å². The van der Waals surface area contributed by atoms with Crippen LogP contribution in [0.25, 0.3) is 0 Å². The molecule has 0 aromatic carbocycles. The fraction of sp³-hybridized carbons (Fsp3) is 0.692. The Morgan fingerprint density at radius 2 is 2.08 bits per heavy atom. The van der Waals surface area contributed by atoms with Crippen LogP contribution in [-0.4, -0.2) is 0 Å². The molecule has 13 heavy (non-hydrogen) atoms. The highest BCUT2D eigenvalue weighted by atomic mass is 14.2. The third-order valence-electron chi connectivity index (χ3n) is 3.41. The molecule has 0 aromatic rings. The molecule has 0 saturated heterocycles. The number of hydrogen-bond donors (Lipinski definition) is 0. The Hall–Kier alpha value is -0.520. The van der Waals surface area contributed by atoms with Gasteiger partial charge in [0.25, 0.3) is 0 Å². The topological polar surface area (TPSA) is 0 Å². The average molecular weight is 176 g/mol. The summed E-state index contributed by atoms with van der Waals surface area (Å²) in [7, 11) is 0. The molecule has 0 bridgehead atoms. The molecule has 2 rings (SSSR count). The Morgan fingerprint density at radius 1 is 1.15 bits per heavy atom. The normalized spacial score (nSPS) is 31.9. The van der Waals surface area contributed by atoms with Gasteiger partial charge in [-0.15, -0.1) is 0 Å². The predicted octanol–water partition coefficient (Wildman–Crippen LogP) is 4.23. The van der Waals surface area contributed by atoms with Crippen molar-refractivity contribution in [3.05, 3.63) is 23.3 Å². The van der Waals surface area contributed by atoms with Crippen molar-refractivity contribution < 1.29 is 0 Å². The van der Waals surface area contributed by atoms with Crippen LogP contribution in [0, 0.1) is 5.92 Å². The van der Waals surface area contributed by atoms with Crippen LogP contribution in [0.3, 0.4) is 0 Å². The average Bonchev–Trinajstić information content (AvgIpc) is 2.08. The summed E-state index contributed by atoms with van der Waals surface area (Å²) < 4.78 is 0. The van der Waals surface area contributed by atoms with E-state index in [2.05, 4.69) is 19.1 Å². The van der Waals surface area contributed by atoms with Gasteiger partial charge in [0.15, 0.2) is 0 Å². The second-order valence-corrected chi connectivity index (χ2v) is 4.62. The van der Waals surface area contributed by atoms with E-state index in [1.54, 1.807) is 5.57 Å². The van der Waals surface area contributed by atoms with Crippen LogP contribution in [0.2, 0.25) is 0 Å².